The van der Waals surface area contributed by atoms with E-state index < -0.39 is 32.7 Å². The maximum atomic E-state index is 13.5. The minimum absolute atomic E-state index is 0.335. The van der Waals surface area contributed by atoms with Crippen LogP contribution in [0.1, 0.15) is 0 Å². The summed E-state index contributed by atoms with van der Waals surface area (Å²) in [5.74, 6) is -1.23. The number of nitrogens with zero attached hydrogens (tertiary/aromatic N) is 4. The first-order valence-corrected chi connectivity index (χ1v) is 5.78. The summed E-state index contributed by atoms with van der Waals surface area (Å²) in [5.41, 5.74) is 4.17. The Morgan fingerprint density at radius 2 is 1.55 bits per heavy atom. The predicted molar refractivity (Wildman–Crippen MR) is 74.7 cm³/mol. The van der Waals surface area contributed by atoms with E-state index in [0.29, 0.717) is 23.5 Å². The topological polar surface area (TPSA) is 137 Å². The number of nitrogen functional groups attached to an aromatic ring is 1. The van der Waals surface area contributed by atoms with Crippen LogP contribution < -0.4 is 5.73 Å². The van der Waals surface area contributed by atoms with Crippen LogP contribution >= 0.6 is 0 Å². The molecule has 2 aromatic rings. The summed E-state index contributed by atoms with van der Waals surface area (Å²) in [4.78, 5) is 19.6. The summed E-state index contributed by atoms with van der Waals surface area (Å²) < 4.78 is 13.5. The van der Waals surface area contributed by atoms with Gasteiger partial charge in [-0.15, -0.1) is 5.11 Å². The van der Waals surface area contributed by atoms with Gasteiger partial charge in [0.2, 0.25) is 5.82 Å². The van der Waals surface area contributed by atoms with Crippen molar-refractivity contribution in [3.8, 4) is 0 Å². The van der Waals surface area contributed by atoms with Gasteiger partial charge in [0.05, 0.1) is 21.6 Å². The molecule has 9 nitrogen and oxygen atoms in total. The van der Waals surface area contributed by atoms with E-state index in [1.807, 2.05) is 0 Å². The van der Waals surface area contributed by atoms with Crippen molar-refractivity contribution in [3.05, 3.63) is 62.4 Å². The third-order valence-corrected chi connectivity index (χ3v) is 2.60. The largest absolute Gasteiger partial charge is 0.399 e. The molecular formula is C12H8FN5O4. The van der Waals surface area contributed by atoms with Crippen LogP contribution in [0.25, 0.3) is 0 Å². The van der Waals surface area contributed by atoms with Crippen molar-refractivity contribution in [1.29, 1.82) is 0 Å². The highest BCUT2D eigenvalue weighted by Crippen LogP contribution is 2.34. The van der Waals surface area contributed by atoms with Crippen LogP contribution in [0.5, 0.6) is 0 Å². The van der Waals surface area contributed by atoms with E-state index in [0.717, 1.165) is 0 Å². The maximum Gasteiger partial charge on any atom is 0.311 e. The van der Waals surface area contributed by atoms with Gasteiger partial charge in [0, 0.05) is 11.8 Å². The second kappa shape index (κ2) is 5.91. The molecule has 0 unspecified atom stereocenters. The van der Waals surface area contributed by atoms with Crippen molar-refractivity contribution >= 4 is 28.4 Å². The number of nitro benzene ring substituents is 2. The Morgan fingerprint density at radius 1 is 0.955 bits per heavy atom. The molecule has 0 heterocycles. The third kappa shape index (κ3) is 3.17. The molecule has 22 heavy (non-hydrogen) atoms. The number of hydrogen-bond acceptors (Lipinski definition) is 7. The standard InChI is InChI=1S/C12H8FN5O4/c13-9-5-10(12(18(21)22)6-11(9)17(19)20)16-15-8-3-1-7(14)2-4-8/h1-6H,14H2/b16-15+. The zero-order chi connectivity index (χ0) is 16.3. The summed E-state index contributed by atoms with van der Waals surface area (Å²) in [5, 5.41) is 28.8. The summed E-state index contributed by atoms with van der Waals surface area (Å²) in [6, 6.07) is 7.20. The minimum Gasteiger partial charge on any atom is -0.399 e. The van der Waals surface area contributed by atoms with E-state index in [2.05, 4.69) is 10.2 Å². The summed E-state index contributed by atoms with van der Waals surface area (Å²) in [6.07, 6.45) is 0. The molecular weight excluding hydrogens is 297 g/mol. The molecule has 0 aromatic heterocycles. The lowest BCUT2D eigenvalue weighted by Crippen LogP contribution is -1.96. The van der Waals surface area contributed by atoms with Gasteiger partial charge in [-0.05, 0) is 24.3 Å². The van der Waals surface area contributed by atoms with Gasteiger partial charge < -0.3 is 5.73 Å². The van der Waals surface area contributed by atoms with Crippen molar-refractivity contribution in [1.82, 2.24) is 0 Å². The molecule has 0 bridgehead atoms. The number of hydrogen-bond donors (Lipinski definition) is 1. The highest BCUT2D eigenvalue weighted by Gasteiger charge is 2.24. The number of benzene rings is 2. The molecule has 0 aliphatic rings. The molecule has 0 aliphatic heterocycles. The van der Waals surface area contributed by atoms with Crippen LogP contribution in [0.15, 0.2) is 46.6 Å². The SMILES string of the molecule is Nc1ccc(/N=N/c2cc(F)c([N+](=O)[O-])cc2[N+](=O)[O-])cc1. The number of nitro groups is 2. The van der Waals surface area contributed by atoms with Gasteiger partial charge >= 0.3 is 11.4 Å². The Morgan fingerprint density at radius 3 is 2.09 bits per heavy atom. The van der Waals surface area contributed by atoms with Crippen LogP contribution in [0.2, 0.25) is 0 Å². The molecule has 2 N–H and O–H groups in total. The van der Waals surface area contributed by atoms with Gasteiger partial charge in [-0.2, -0.15) is 9.50 Å². The van der Waals surface area contributed by atoms with E-state index in [9.17, 15) is 24.6 Å². The van der Waals surface area contributed by atoms with E-state index in [1.54, 1.807) is 12.1 Å². The van der Waals surface area contributed by atoms with Gasteiger partial charge in [0.15, 0.2) is 5.69 Å². The zero-order valence-electron chi connectivity index (χ0n) is 10.8. The van der Waals surface area contributed by atoms with Crippen molar-refractivity contribution in [2.24, 2.45) is 10.2 Å². The Kier molecular flexibility index (Phi) is 4.02. The molecule has 0 radical (unpaired) electrons. The first-order chi connectivity index (χ1) is 10.4. The summed E-state index contributed by atoms with van der Waals surface area (Å²) in [7, 11) is 0. The number of nitrogens with two attached hydrogens (primary N) is 1. The molecule has 0 spiro atoms. The Hall–Kier alpha value is -3.43. The fourth-order valence-corrected chi connectivity index (χ4v) is 1.56. The van der Waals surface area contributed by atoms with E-state index in [1.165, 1.54) is 12.1 Å². The quantitative estimate of drug-likeness (QED) is 0.397. The van der Waals surface area contributed by atoms with Crippen molar-refractivity contribution in [3.63, 3.8) is 0 Å². The van der Waals surface area contributed by atoms with Crippen LogP contribution in [0.3, 0.4) is 0 Å². The number of anilines is 1. The molecule has 0 fully saturated rings. The van der Waals surface area contributed by atoms with E-state index >= 15 is 0 Å². The van der Waals surface area contributed by atoms with Crippen LogP contribution in [-0.2, 0) is 0 Å². The van der Waals surface area contributed by atoms with Gasteiger partial charge in [-0.25, -0.2) is 0 Å². The Labute approximate surface area is 122 Å². The molecule has 0 saturated carbocycles. The van der Waals surface area contributed by atoms with Crippen LogP contribution in [0.4, 0.5) is 32.8 Å². The molecule has 0 aliphatic carbocycles. The average molecular weight is 305 g/mol. The van der Waals surface area contributed by atoms with Crippen molar-refractivity contribution < 1.29 is 14.2 Å². The minimum atomic E-state index is -1.23. The normalized spacial score (nSPS) is 10.8. The van der Waals surface area contributed by atoms with Crippen LogP contribution in [-0.4, -0.2) is 9.85 Å². The highest BCUT2D eigenvalue weighted by molar-refractivity contribution is 5.62. The number of halogens is 1. The van der Waals surface area contributed by atoms with Crippen molar-refractivity contribution in [2.45, 2.75) is 0 Å². The maximum absolute atomic E-state index is 13.5. The molecule has 0 amide bonds. The molecule has 2 aromatic carbocycles. The predicted octanol–water partition coefficient (Wildman–Crippen LogP) is 3.64. The Bertz CT molecular complexity index is 776. The van der Waals surface area contributed by atoms with Crippen molar-refractivity contribution in [2.75, 3.05) is 5.73 Å². The fourth-order valence-electron chi connectivity index (χ4n) is 1.56. The molecule has 2 rings (SSSR count). The second-order valence-corrected chi connectivity index (χ2v) is 4.10. The zero-order valence-corrected chi connectivity index (χ0v) is 10.8. The first-order valence-electron chi connectivity index (χ1n) is 5.78. The summed E-state index contributed by atoms with van der Waals surface area (Å²) in [6.45, 7) is 0. The van der Waals surface area contributed by atoms with Gasteiger partial charge in [-0.3, -0.25) is 20.2 Å². The number of azo groups is 1. The average Bonchev–Trinajstić information content (AvgIpc) is 2.46. The molecule has 10 heteroatoms. The Balaban J connectivity index is 2.45. The van der Waals surface area contributed by atoms with Crippen LogP contribution in [0, 0.1) is 26.0 Å². The second-order valence-electron chi connectivity index (χ2n) is 4.10. The van der Waals surface area contributed by atoms with E-state index in [-0.39, 0.29) is 0 Å². The lowest BCUT2D eigenvalue weighted by Gasteiger charge is -1.99. The lowest BCUT2D eigenvalue weighted by atomic mass is 10.2. The first kappa shape index (κ1) is 15.0. The number of rotatable bonds is 4. The fraction of sp³-hybridized carbons (Fsp3) is 0. The third-order valence-electron chi connectivity index (χ3n) is 2.60. The highest BCUT2D eigenvalue weighted by atomic mass is 19.1. The van der Waals surface area contributed by atoms with Gasteiger partial charge in [-0.1, -0.05) is 0 Å². The summed E-state index contributed by atoms with van der Waals surface area (Å²) >= 11 is 0. The molecule has 0 atom stereocenters. The lowest BCUT2D eigenvalue weighted by molar-refractivity contribution is -0.395. The monoisotopic (exact) mass is 305 g/mol. The molecule has 0 saturated heterocycles. The smallest absolute Gasteiger partial charge is 0.311 e. The molecule has 112 valence electrons. The van der Waals surface area contributed by atoms with E-state index in [4.69, 9.17) is 5.73 Å². The van der Waals surface area contributed by atoms with Gasteiger partial charge in [0.25, 0.3) is 0 Å². The van der Waals surface area contributed by atoms with Gasteiger partial charge in [0.1, 0.15) is 0 Å².